The van der Waals surface area contributed by atoms with Gasteiger partial charge in [0, 0.05) is 5.56 Å². The van der Waals surface area contributed by atoms with E-state index in [4.69, 9.17) is 14.2 Å². The molecule has 0 radical (unpaired) electrons. The van der Waals surface area contributed by atoms with E-state index >= 15 is 0 Å². The first-order valence-corrected chi connectivity index (χ1v) is 7.26. The lowest BCUT2D eigenvalue weighted by atomic mass is 10.2. The van der Waals surface area contributed by atoms with Crippen LogP contribution < -0.4 is 19.6 Å². The molecule has 1 aliphatic heterocycles. The van der Waals surface area contributed by atoms with Crippen molar-refractivity contribution in [1.29, 1.82) is 0 Å². The van der Waals surface area contributed by atoms with Crippen LogP contribution in [-0.2, 0) is 4.79 Å². The molecular formula is C17H16N2O5. The summed E-state index contributed by atoms with van der Waals surface area (Å²) in [6.07, 6.45) is 0.531. The number of phenols is 1. The second kappa shape index (κ2) is 6.91. The number of amides is 1. The summed E-state index contributed by atoms with van der Waals surface area (Å²) in [5, 5.41) is 13.8. The van der Waals surface area contributed by atoms with Crippen LogP contribution in [0.4, 0.5) is 0 Å². The number of fused-ring (bicyclic) bond motifs is 1. The predicted octanol–water partition coefficient (Wildman–Crippen LogP) is 1.69. The fourth-order valence-electron chi connectivity index (χ4n) is 2.19. The van der Waals surface area contributed by atoms with E-state index in [-0.39, 0.29) is 12.4 Å². The van der Waals surface area contributed by atoms with Crippen molar-refractivity contribution in [1.82, 2.24) is 5.43 Å². The average Bonchev–Trinajstić information content (AvgIpc) is 2.62. The molecule has 0 unspecified atom stereocenters. The molecule has 1 heterocycles. The predicted molar refractivity (Wildman–Crippen MR) is 86.7 cm³/mol. The number of nitrogens with one attached hydrogen (secondary N) is 1. The maximum atomic E-state index is 12.1. The van der Waals surface area contributed by atoms with Gasteiger partial charge in [-0.15, -0.1) is 0 Å². The number of para-hydroxylation sites is 3. The molecule has 24 heavy (non-hydrogen) atoms. The van der Waals surface area contributed by atoms with E-state index in [9.17, 15) is 9.90 Å². The first kappa shape index (κ1) is 15.7. The van der Waals surface area contributed by atoms with Crippen LogP contribution in [0.1, 0.15) is 5.56 Å². The largest absolute Gasteiger partial charge is 0.504 e. The summed E-state index contributed by atoms with van der Waals surface area (Å²) < 4.78 is 16.1. The van der Waals surface area contributed by atoms with Crippen LogP contribution in [0.15, 0.2) is 47.6 Å². The first-order valence-electron chi connectivity index (χ1n) is 7.26. The Labute approximate surface area is 138 Å². The van der Waals surface area contributed by atoms with Crippen LogP contribution >= 0.6 is 0 Å². The first-order chi connectivity index (χ1) is 11.7. The Morgan fingerprint density at radius 2 is 2.08 bits per heavy atom. The van der Waals surface area contributed by atoms with Gasteiger partial charge in [-0.2, -0.15) is 5.10 Å². The van der Waals surface area contributed by atoms with Gasteiger partial charge < -0.3 is 19.3 Å². The minimum absolute atomic E-state index is 0.0517. The van der Waals surface area contributed by atoms with Gasteiger partial charge in [-0.1, -0.05) is 18.2 Å². The van der Waals surface area contributed by atoms with E-state index < -0.39 is 12.0 Å². The standard InChI is InChI=1S/C17H16N2O5/c1-22-14-8-4-5-11(16(14)20)9-18-19-17(21)15-10-23-12-6-2-3-7-13(12)24-15/h2-9,15,20H,10H2,1H3,(H,19,21)/b18-9-/t15-/m0/s1. The number of rotatable bonds is 4. The van der Waals surface area contributed by atoms with Gasteiger partial charge >= 0.3 is 0 Å². The summed E-state index contributed by atoms with van der Waals surface area (Å²) in [6, 6.07) is 12.1. The van der Waals surface area contributed by atoms with E-state index in [1.54, 1.807) is 36.4 Å². The normalized spacial score (nSPS) is 16.0. The summed E-state index contributed by atoms with van der Waals surface area (Å²) >= 11 is 0. The Kier molecular flexibility index (Phi) is 4.51. The zero-order chi connectivity index (χ0) is 16.9. The highest BCUT2D eigenvalue weighted by atomic mass is 16.6. The number of carbonyl (C=O) groups excluding carboxylic acids is 1. The molecule has 7 nitrogen and oxygen atoms in total. The van der Waals surface area contributed by atoms with Crippen molar-refractivity contribution < 1.29 is 24.1 Å². The molecule has 2 aromatic rings. The Balaban J connectivity index is 1.62. The maximum absolute atomic E-state index is 12.1. The van der Waals surface area contributed by atoms with E-state index in [1.165, 1.54) is 13.3 Å². The lowest BCUT2D eigenvalue weighted by Gasteiger charge is -2.24. The van der Waals surface area contributed by atoms with Crippen LogP contribution in [0.5, 0.6) is 23.0 Å². The molecule has 0 saturated carbocycles. The van der Waals surface area contributed by atoms with E-state index in [1.807, 2.05) is 6.07 Å². The molecule has 0 spiro atoms. The van der Waals surface area contributed by atoms with Crippen molar-refractivity contribution in [2.24, 2.45) is 5.10 Å². The van der Waals surface area contributed by atoms with Gasteiger partial charge in [-0.25, -0.2) is 5.43 Å². The monoisotopic (exact) mass is 328 g/mol. The Hall–Kier alpha value is -3.22. The van der Waals surface area contributed by atoms with E-state index in [0.717, 1.165) is 0 Å². The molecule has 124 valence electrons. The maximum Gasteiger partial charge on any atom is 0.284 e. The third-order valence-corrected chi connectivity index (χ3v) is 3.43. The Morgan fingerprint density at radius 1 is 1.29 bits per heavy atom. The minimum Gasteiger partial charge on any atom is -0.504 e. The highest BCUT2D eigenvalue weighted by Crippen LogP contribution is 2.31. The smallest absolute Gasteiger partial charge is 0.284 e. The SMILES string of the molecule is COc1cccc(/C=N\NC(=O)[C@@H]2COc3ccccc3O2)c1O. The summed E-state index contributed by atoms with van der Waals surface area (Å²) in [4.78, 5) is 12.1. The van der Waals surface area contributed by atoms with Crippen LogP contribution in [0.25, 0.3) is 0 Å². The van der Waals surface area contributed by atoms with Gasteiger partial charge in [-0.3, -0.25) is 4.79 Å². The van der Waals surface area contributed by atoms with Crippen molar-refractivity contribution in [3.63, 3.8) is 0 Å². The number of nitrogens with zero attached hydrogens (tertiary/aromatic N) is 1. The molecule has 0 saturated heterocycles. The quantitative estimate of drug-likeness (QED) is 0.658. The molecule has 2 N–H and O–H groups in total. The molecular weight excluding hydrogens is 312 g/mol. The zero-order valence-electron chi connectivity index (χ0n) is 12.9. The minimum atomic E-state index is -0.795. The topological polar surface area (TPSA) is 89.4 Å². The third kappa shape index (κ3) is 3.24. The molecule has 0 aromatic heterocycles. The lowest BCUT2D eigenvalue weighted by molar-refractivity contribution is -0.130. The van der Waals surface area contributed by atoms with E-state index in [0.29, 0.717) is 22.8 Å². The Bertz CT molecular complexity index is 775. The second-order valence-corrected chi connectivity index (χ2v) is 5.00. The summed E-state index contributed by atoms with van der Waals surface area (Å²) in [5.41, 5.74) is 2.79. The highest BCUT2D eigenvalue weighted by Gasteiger charge is 2.26. The van der Waals surface area contributed by atoms with Gasteiger partial charge in [0.2, 0.25) is 6.10 Å². The van der Waals surface area contributed by atoms with Crippen molar-refractivity contribution >= 4 is 12.1 Å². The van der Waals surface area contributed by atoms with Crippen molar-refractivity contribution in [3.8, 4) is 23.0 Å². The number of carbonyl (C=O) groups is 1. The van der Waals surface area contributed by atoms with Crippen LogP contribution in [-0.4, -0.2) is 37.0 Å². The summed E-state index contributed by atoms with van der Waals surface area (Å²) in [7, 11) is 1.45. The third-order valence-electron chi connectivity index (χ3n) is 3.43. The highest BCUT2D eigenvalue weighted by molar-refractivity contribution is 5.87. The molecule has 0 aliphatic carbocycles. The van der Waals surface area contributed by atoms with Crippen LogP contribution in [0.3, 0.4) is 0 Å². The number of hydrogen-bond donors (Lipinski definition) is 2. The fraction of sp³-hybridized carbons (Fsp3) is 0.176. The van der Waals surface area contributed by atoms with Gasteiger partial charge in [0.1, 0.15) is 6.61 Å². The molecule has 7 heteroatoms. The number of hydrazone groups is 1. The zero-order valence-corrected chi connectivity index (χ0v) is 12.9. The molecule has 1 aliphatic rings. The second-order valence-electron chi connectivity index (χ2n) is 5.00. The molecule has 0 fully saturated rings. The van der Waals surface area contributed by atoms with Gasteiger partial charge in [0.25, 0.3) is 5.91 Å². The number of benzene rings is 2. The molecule has 0 bridgehead atoms. The van der Waals surface area contributed by atoms with Gasteiger partial charge in [0.05, 0.1) is 13.3 Å². The van der Waals surface area contributed by atoms with Crippen molar-refractivity contribution in [3.05, 3.63) is 48.0 Å². The summed E-state index contributed by atoms with van der Waals surface area (Å²) in [6.45, 7) is 0.1000. The average molecular weight is 328 g/mol. The fourth-order valence-corrected chi connectivity index (χ4v) is 2.19. The number of phenolic OH excluding ortho intramolecular Hbond substituents is 1. The van der Waals surface area contributed by atoms with Crippen molar-refractivity contribution in [2.75, 3.05) is 13.7 Å². The van der Waals surface area contributed by atoms with Crippen LogP contribution in [0, 0.1) is 0 Å². The molecule has 2 aromatic carbocycles. The van der Waals surface area contributed by atoms with Gasteiger partial charge in [0.15, 0.2) is 23.0 Å². The van der Waals surface area contributed by atoms with Gasteiger partial charge in [-0.05, 0) is 24.3 Å². The molecule has 3 rings (SSSR count). The molecule has 1 amide bonds. The number of methoxy groups -OCH3 is 1. The number of ether oxygens (including phenoxy) is 3. The number of hydrogen-bond acceptors (Lipinski definition) is 6. The summed E-state index contributed by atoms with van der Waals surface area (Å²) in [5.74, 6) is 0.947. The lowest BCUT2D eigenvalue weighted by Crippen LogP contribution is -2.42. The number of aromatic hydroxyl groups is 1. The van der Waals surface area contributed by atoms with E-state index in [2.05, 4.69) is 10.5 Å². The van der Waals surface area contributed by atoms with Crippen molar-refractivity contribution in [2.45, 2.75) is 6.10 Å². The molecule has 1 atom stereocenters. The Morgan fingerprint density at radius 3 is 2.88 bits per heavy atom. The van der Waals surface area contributed by atoms with Crippen LogP contribution in [0.2, 0.25) is 0 Å².